The summed E-state index contributed by atoms with van der Waals surface area (Å²) in [6.07, 6.45) is 3.68. The first-order valence-electron chi connectivity index (χ1n) is 6.83. The van der Waals surface area contributed by atoms with Gasteiger partial charge in [0.1, 0.15) is 0 Å². The van der Waals surface area contributed by atoms with Crippen LogP contribution in [0.2, 0.25) is 0 Å². The van der Waals surface area contributed by atoms with E-state index in [-0.39, 0.29) is 0 Å². The molecule has 3 nitrogen and oxygen atoms in total. The maximum absolute atomic E-state index is 5.86. The Balaban J connectivity index is 2.02. The molecular formula is C16H19N3. The quantitative estimate of drug-likeness (QED) is 0.913. The summed E-state index contributed by atoms with van der Waals surface area (Å²) in [6, 6.07) is 8.51. The number of nitrogen functional groups attached to an aromatic ring is 1. The molecule has 1 aromatic heterocycles. The minimum Gasteiger partial charge on any atom is -0.368 e. The largest absolute Gasteiger partial charge is 0.368 e. The molecule has 0 spiro atoms. The van der Waals surface area contributed by atoms with Crippen molar-refractivity contribution < 1.29 is 0 Å². The molecule has 0 saturated heterocycles. The van der Waals surface area contributed by atoms with Crippen molar-refractivity contribution in [1.29, 1.82) is 0 Å². The Hall–Kier alpha value is -1.90. The van der Waals surface area contributed by atoms with E-state index in [1.807, 2.05) is 0 Å². The van der Waals surface area contributed by atoms with Crippen molar-refractivity contribution in [2.75, 3.05) is 5.73 Å². The van der Waals surface area contributed by atoms with Crippen LogP contribution in [0, 0.1) is 19.8 Å². The lowest BCUT2D eigenvalue weighted by Crippen LogP contribution is -2.02. The van der Waals surface area contributed by atoms with E-state index in [9.17, 15) is 0 Å². The van der Waals surface area contributed by atoms with E-state index in [1.54, 1.807) is 0 Å². The zero-order valence-corrected chi connectivity index (χ0v) is 11.5. The molecule has 1 aromatic carbocycles. The molecule has 0 unspecified atom stereocenters. The number of aryl methyl sites for hydroxylation is 2. The van der Waals surface area contributed by atoms with Crippen LogP contribution in [0.5, 0.6) is 0 Å². The van der Waals surface area contributed by atoms with Crippen LogP contribution in [0.1, 0.15) is 29.7 Å². The number of hydrogen-bond acceptors (Lipinski definition) is 3. The van der Waals surface area contributed by atoms with Crippen molar-refractivity contribution in [3.05, 3.63) is 41.1 Å². The van der Waals surface area contributed by atoms with Gasteiger partial charge < -0.3 is 5.73 Å². The highest BCUT2D eigenvalue weighted by Gasteiger charge is 2.22. The average molecular weight is 253 g/mol. The molecule has 0 radical (unpaired) electrons. The van der Waals surface area contributed by atoms with Gasteiger partial charge in [-0.3, -0.25) is 0 Å². The molecule has 0 aliphatic heterocycles. The van der Waals surface area contributed by atoms with Crippen LogP contribution in [0.3, 0.4) is 0 Å². The first-order valence-corrected chi connectivity index (χ1v) is 6.83. The first-order chi connectivity index (χ1) is 9.11. The van der Waals surface area contributed by atoms with Crippen LogP contribution in [-0.4, -0.2) is 9.97 Å². The molecule has 98 valence electrons. The Morgan fingerprint density at radius 1 is 1.16 bits per heavy atom. The van der Waals surface area contributed by atoms with Gasteiger partial charge in [0, 0.05) is 11.3 Å². The average Bonchev–Trinajstić information content (AvgIpc) is 3.15. The summed E-state index contributed by atoms with van der Waals surface area (Å²) < 4.78 is 0. The highest BCUT2D eigenvalue weighted by Crippen LogP contribution is 2.33. The molecule has 2 N–H and O–H groups in total. The van der Waals surface area contributed by atoms with Crippen LogP contribution in [0.25, 0.3) is 11.3 Å². The standard InChI is InChI=1S/C16H19N3/c1-10-3-4-11(2)14(7-10)15-9-13(8-12-5-6-12)18-16(17)19-15/h3-4,7,9,12H,5-6,8H2,1-2H3,(H2,17,18,19). The van der Waals surface area contributed by atoms with Crippen LogP contribution in [0.15, 0.2) is 24.3 Å². The van der Waals surface area contributed by atoms with Gasteiger partial charge in [-0.2, -0.15) is 0 Å². The van der Waals surface area contributed by atoms with Gasteiger partial charge in [-0.05, 0) is 56.7 Å². The van der Waals surface area contributed by atoms with Crippen molar-refractivity contribution in [2.24, 2.45) is 5.92 Å². The molecule has 1 fully saturated rings. The number of nitrogens with two attached hydrogens (primary N) is 1. The van der Waals surface area contributed by atoms with Gasteiger partial charge in [0.15, 0.2) is 0 Å². The van der Waals surface area contributed by atoms with Gasteiger partial charge in [0.25, 0.3) is 0 Å². The Bertz CT molecular complexity index is 615. The zero-order chi connectivity index (χ0) is 13.4. The number of rotatable bonds is 3. The van der Waals surface area contributed by atoms with E-state index in [4.69, 9.17) is 5.73 Å². The Morgan fingerprint density at radius 3 is 2.68 bits per heavy atom. The van der Waals surface area contributed by atoms with Gasteiger partial charge in [0.05, 0.1) is 5.69 Å². The maximum Gasteiger partial charge on any atom is 0.220 e. The second-order valence-electron chi connectivity index (χ2n) is 5.57. The highest BCUT2D eigenvalue weighted by atomic mass is 15.0. The van der Waals surface area contributed by atoms with Crippen molar-refractivity contribution in [1.82, 2.24) is 9.97 Å². The second kappa shape index (κ2) is 4.65. The van der Waals surface area contributed by atoms with E-state index < -0.39 is 0 Å². The first kappa shape index (κ1) is 12.2. The third-order valence-corrected chi connectivity index (χ3v) is 3.66. The Morgan fingerprint density at radius 2 is 1.95 bits per heavy atom. The summed E-state index contributed by atoms with van der Waals surface area (Å²) in [6.45, 7) is 4.20. The molecule has 1 saturated carbocycles. The second-order valence-corrected chi connectivity index (χ2v) is 5.57. The number of anilines is 1. The fraction of sp³-hybridized carbons (Fsp3) is 0.375. The predicted molar refractivity (Wildman–Crippen MR) is 77.8 cm³/mol. The van der Waals surface area contributed by atoms with Gasteiger partial charge in [0.2, 0.25) is 5.95 Å². The van der Waals surface area contributed by atoms with Crippen molar-refractivity contribution >= 4 is 5.95 Å². The summed E-state index contributed by atoms with van der Waals surface area (Å²) in [5.74, 6) is 1.19. The van der Waals surface area contributed by atoms with E-state index >= 15 is 0 Å². The third kappa shape index (κ3) is 2.75. The lowest BCUT2D eigenvalue weighted by Gasteiger charge is -2.09. The van der Waals surface area contributed by atoms with Gasteiger partial charge in [-0.1, -0.05) is 17.7 Å². The smallest absolute Gasteiger partial charge is 0.220 e. The number of aromatic nitrogens is 2. The molecule has 3 heteroatoms. The fourth-order valence-corrected chi connectivity index (χ4v) is 2.39. The molecular weight excluding hydrogens is 234 g/mol. The normalized spacial score (nSPS) is 14.6. The molecule has 1 aliphatic rings. The monoisotopic (exact) mass is 253 g/mol. The molecule has 1 heterocycles. The Labute approximate surface area is 113 Å². The molecule has 0 atom stereocenters. The summed E-state index contributed by atoms with van der Waals surface area (Å²) in [5, 5.41) is 0. The molecule has 3 rings (SSSR count). The SMILES string of the molecule is Cc1ccc(C)c(-c2cc(CC3CC3)nc(N)n2)c1. The predicted octanol–water partition coefficient (Wildman–Crippen LogP) is 3.30. The van der Waals surface area contributed by atoms with Crippen molar-refractivity contribution in [3.63, 3.8) is 0 Å². The summed E-state index contributed by atoms with van der Waals surface area (Å²) in [4.78, 5) is 8.76. The Kier molecular flexibility index (Phi) is 2.97. The lowest BCUT2D eigenvalue weighted by atomic mass is 10.0. The number of hydrogen-bond donors (Lipinski definition) is 1. The molecule has 19 heavy (non-hydrogen) atoms. The van der Waals surface area contributed by atoms with Crippen LogP contribution >= 0.6 is 0 Å². The fourth-order valence-electron chi connectivity index (χ4n) is 2.39. The topological polar surface area (TPSA) is 51.8 Å². The molecule has 0 bridgehead atoms. The van der Waals surface area contributed by atoms with E-state index in [1.165, 1.54) is 24.0 Å². The summed E-state index contributed by atoms with van der Waals surface area (Å²) >= 11 is 0. The van der Waals surface area contributed by atoms with E-state index in [0.29, 0.717) is 5.95 Å². The molecule has 1 aliphatic carbocycles. The summed E-state index contributed by atoms with van der Waals surface area (Å²) in [7, 11) is 0. The minimum atomic E-state index is 0.383. The van der Waals surface area contributed by atoms with Gasteiger partial charge in [-0.15, -0.1) is 0 Å². The van der Waals surface area contributed by atoms with Crippen molar-refractivity contribution in [3.8, 4) is 11.3 Å². The third-order valence-electron chi connectivity index (χ3n) is 3.66. The summed E-state index contributed by atoms with van der Waals surface area (Å²) in [5.41, 5.74) is 11.5. The number of benzene rings is 1. The van der Waals surface area contributed by atoms with E-state index in [2.05, 4.69) is 48.1 Å². The zero-order valence-electron chi connectivity index (χ0n) is 11.5. The highest BCUT2D eigenvalue weighted by molar-refractivity contribution is 5.65. The van der Waals surface area contributed by atoms with Crippen LogP contribution in [-0.2, 0) is 6.42 Å². The van der Waals surface area contributed by atoms with E-state index in [0.717, 1.165) is 29.3 Å². The number of nitrogens with zero attached hydrogens (tertiary/aromatic N) is 2. The lowest BCUT2D eigenvalue weighted by molar-refractivity contribution is 0.802. The molecule has 2 aromatic rings. The minimum absolute atomic E-state index is 0.383. The van der Waals surface area contributed by atoms with Crippen LogP contribution < -0.4 is 5.73 Å². The van der Waals surface area contributed by atoms with Crippen molar-refractivity contribution in [2.45, 2.75) is 33.1 Å². The van der Waals surface area contributed by atoms with Crippen LogP contribution in [0.4, 0.5) is 5.95 Å². The maximum atomic E-state index is 5.86. The van der Waals surface area contributed by atoms with Gasteiger partial charge in [-0.25, -0.2) is 9.97 Å². The molecule has 0 amide bonds. The van der Waals surface area contributed by atoms with Gasteiger partial charge >= 0.3 is 0 Å².